The molecule has 0 fully saturated rings. The number of aliphatic hydroxyl groups is 1. The summed E-state index contributed by atoms with van der Waals surface area (Å²) >= 11 is 0. The maximum absolute atomic E-state index is 8.86. The molecule has 0 spiro atoms. The molecule has 0 bridgehead atoms. The molecule has 0 saturated carbocycles. The Balaban J connectivity index is 0.00000169. The normalized spacial score (nSPS) is 9.36. The Kier molecular flexibility index (Phi) is 7.28. The van der Waals surface area contributed by atoms with Crippen LogP contribution in [0.5, 0.6) is 0 Å². The number of benzene rings is 1. The molecule has 1 aromatic carbocycles. The van der Waals surface area contributed by atoms with Gasteiger partial charge in [-0.25, -0.2) is 0 Å². The molecule has 0 atom stereocenters. The second-order valence-electron chi connectivity index (χ2n) is 3.14. The van der Waals surface area contributed by atoms with Crippen molar-refractivity contribution in [1.29, 1.82) is 0 Å². The van der Waals surface area contributed by atoms with E-state index in [1.807, 2.05) is 6.07 Å². The van der Waals surface area contributed by atoms with Crippen LogP contribution in [0.3, 0.4) is 0 Å². The van der Waals surface area contributed by atoms with E-state index >= 15 is 0 Å². The van der Waals surface area contributed by atoms with E-state index < -0.39 is 0 Å². The molecule has 1 radical (unpaired) electrons. The topological polar surface area (TPSA) is 23.5 Å². The molecule has 0 aromatic heterocycles. The van der Waals surface area contributed by atoms with Crippen LogP contribution in [0.15, 0.2) is 24.3 Å². The molecule has 0 aliphatic heterocycles. The zero-order valence-corrected chi connectivity index (χ0v) is 11.3. The fourth-order valence-electron chi connectivity index (χ4n) is 1.42. The summed E-state index contributed by atoms with van der Waals surface area (Å²) in [5, 5.41) is 8.86. The van der Waals surface area contributed by atoms with Gasteiger partial charge >= 0.3 is 0 Å². The van der Waals surface area contributed by atoms with Crippen LogP contribution in [-0.4, -0.2) is 54.4 Å². The van der Waals surface area contributed by atoms with Gasteiger partial charge in [0.25, 0.3) is 0 Å². The number of nitrogens with zero attached hydrogens (tertiary/aromatic N) is 1. The molecule has 1 N–H and O–H groups in total. The van der Waals surface area contributed by atoms with Crippen molar-refractivity contribution >= 4 is 35.2 Å². The van der Waals surface area contributed by atoms with Crippen molar-refractivity contribution in [1.82, 2.24) is 0 Å². The van der Waals surface area contributed by atoms with E-state index in [2.05, 4.69) is 36.9 Å². The average Bonchev–Trinajstić information content (AvgIpc) is 2.14. The third-order valence-electron chi connectivity index (χ3n) is 2.12. The Labute approximate surface area is 108 Å². The zero-order chi connectivity index (χ0) is 9.68. The molecule has 0 aliphatic rings. The van der Waals surface area contributed by atoms with Crippen LogP contribution < -0.4 is 4.90 Å². The van der Waals surface area contributed by atoms with Gasteiger partial charge in [-0.3, -0.25) is 0 Å². The summed E-state index contributed by atoms with van der Waals surface area (Å²) in [7, 11) is 0. The zero-order valence-electron chi connectivity index (χ0n) is 9.33. The molecule has 0 heterocycles. The number of anilines is 1. The number of aryl methyl sites for hydroxylation is 1. The SMILES string of the molecule is CCN(CCO)c1cccc(C)c1.[Na]. The number of aliphatic hydroxyl groups excluding tert-OH is 1. The fourth-order valence-corrected chi connectivity index (χ4v) is 1.42. The predicted molar refractivity (Wildman–Crippen MR) is 61.9 cm³/mol. The van der Waals surface area contributed by atoms with Crippen molar-refractivity contribution in [2.45, 2.75) is 13.8 Å². The Morgan fingerprint density at radius 2 is 2.07 bits per heavy atom. The van der Waals surface area contributed by atoms with E-state index in [9.17, 15) is 0 Å². The number of likely N-dealkylation sites (N-methyl/N-ethyl adjacent to an activating group) is 1. The fraction of sp³-hybridized carbons (Fsp3) is 0.455. The van der Waals surface area contributed by atoms with E-state index in [-0.39, 0.29) is 36.2 Å². The van der Waals surface area contributed by atoms with Crippen molar-refractivity contribution in [2.75, 3.05) is 24.6 Å². The van der Waals surface area contributed by atoms with Gasteiger partial charge in [-0.15, -0.1) is 0 Å². The molecule has 1 aromatic rings. The second-order valence-corrected chi connectivity index (χ2v) is 3.14. The molecule has 1 rings (SSSR count). The van der Waals surface area contributed by atoms with Gasteiger partial charge in [0, 0.05) is 48.3 Å². The maximum Gasteiger partial charge on any atom is 0.0606 e. The minimum absolute atomic E-state index is 0. The number of hydrogen-bond donors (Lipinski definition) is 1. The molecule has 0 unspecified atom stereocenters. The van der Waals surface area contributed by atoms with Crippen molar-refractivity contribution in [3.63, 3.8) is 0 Å². The van der Waals surface area contributed by atoms with Gasteiger partial charge in [0.1, 0.15) is 0 Å². The van der Waals surface area contributed by atoms with Gasteiger partial charge in [-0.2, -0.15) is 0 Å². The van der Waals surface area contributed by atoms with Crippen LogP contribution in [0.25, 0.3) is 0 Å². The first-order chi connectivity index (χ1) is 6.27. The molecule has 73 valence electrons. The van der Waals surface area contributed by atoms with Gasteiger partial charge in [0.2, 0.25) is 0 Å². The van der Waals surface area contributed by atoms with Crippen LogP contribution in [0.2, 0.25) is 0 Å². The average molecular weight is 202 g/mol. The van der Waals surface area contributed by atoms with Crippen LogP contribution in [0, 0.1) is 6.92 Å². The van der Waals surface area contributed by atoms with Crippen LogP contribution >= 0.6 is 0 Å². The third-order valence-corrected chi connectivity index (χ3v) is 2.12. The van der Waals surface area contributed by atoms with Crippen LogP contribution in [-0.2, 0) is 0 Å². The molecule has 14 heavy (non-hydrogen) atoms. The summed E-state index contributed by atoms with van der Waals surface area (Å²) in [6.07, 6.45) is 0. The Morgan fingerprint density at radius 3 is 2.57 bits per heavy atom. The van der Waals surface area contributed by atoms with E-state index in [0.717, 1.165) is 6.54 Å². The quantitative estimate of drug-likeness (QED) is 0.747. The first-order valence-electron chi connectivity index (χ1n) is 4.70. The van der Waals surface area contributed by atoms with E-state index in [1.165, 1.54) is 11.3 Å². The molecule has 2 nitrogen and oxygen atoms in total. The van der Waals surface area contributed by atoms with Gasteiger partial charge in [-0.05, 0) is 31.5 Å². The molecular weight excluding hydrogens is 185 g/mol. The van der Waals surface area contributed by atoms with E-state index in [1.54, 1.807) is 0 Å². The number of hydrogen-bond acceptors (Lipinski definition) is 2. The summed E-state index contributed by atoms with van der Waals surface area (Å²) in [5.41, 5.74) is 2.45. The summed E-state index contributed by atoms with van der Waals surface area (Å²) in [6, 6.07) is 8.34. The van der Waals surface area contributed by atoms with Crippen molar-refractivity contribution in [3.8, 4) is 0 Å². The maximum atomic E-state index is 8.86. The minimum Gasteiger partial charge on any atom is -0.395 e. The monoisotopic (exact) mass is 202 g/mol. The summed E-state index contributed by atoms with van der Waals surface area (Å²) < 4.78 is 0. The first-order valence-corrected chi connectivity index (χ1v) is 4.70. The van der Waals surface area contributed by atoms with Crippen molar-refractivity contribution in [2.24, 2.45) is 0 Å². The van der Waals surface area contributed by atoms with E-state index in [4.69, 9.17) is 5.11 Å². The van der Waals surface area contributed by atoms with Gasteiger partial charge < -0.3 is 10.0 Å². The minimum atomic E-state index is 0. The Morgan fingerprint density at radius 1 is 1.36 bits per heavy atom. The third kappa shape index (κ3) is 4.01. The summed E-state index contributed by atoms with van der Waals surface area (Å²) in [6.45, 7) is 6.03. The van der Waals surface area contributed by atoms with Crippen LogP contribution in [0.4, 0.5) is 5.69 Å². The molecule has 0 saturated heterocycles. The second kappa shape index (κ2) is 7.30. The van der Waals surface area contributed by atoms with Crippen LogP contribution in [0.1, 0.15) is 12.5 Å². The standard InChI is InChI=1S/C11H17NO.Na/c1-3-12(7-8-13)11-6-4-5-10(2)9-11;/h4-6,9,13H,3,7-8H2,1-2H3;. The first kappa shape index (κ1) is 14.0. The van der Waals surface area contributed by atoms with E-state index in [0.29, 0.717) is 6.54 Å². The van der Waals surface area contributed by atoms with Crippen molar-refractivity contribution < 1.29 is 5.11 Å². The van der Waals surface area contributed by atoms with Gasteiger partial charge in [0.15, 0.2) is 0 Å². The Hall–Kier alpha value is -0.0200. The summed E-state index contributed by atoms with van der Waals surface area (Å²) in [5.74, 6) is 0. The van der Waals surface area contributed by atoms with Gasteiger partial charge in [0.05, 0.1) is 6.61 Å². The molecule has 3 heteroatoms. The van der Waals surface area contributed by atoms with Gasteiger partial charge in [-0.1, -0.05) is 12.1 Å². The summed E-state index contributed by atoms with van der Waals surface area (Å²) in [4.78, 5) is 2.16. The molecule has 0 aliphatic carbocycles. The number of rotatable bonds is 4. The largest absolute Gasteiger partial charge is 0.395 e. The predicted octanol–water partition coefficient (Wildman–Crippen LogP) is 1.43. The smallest absolute Gasteiger partial charge is 0.0606 e. The van der Waals surface area contributed by atoms with Crippen molar-refractivity contribution in [3.05, 3.63) is 29.8 Å². The Bertz CT molecular complexity index is 265. The molecular formula is C11H17NNaO. The molecule has 0 amide bonds.